The van der Waals surface area contributed by atoms with Crippen molar-refractivity contribution >= 4 is 45.0 Å². The molecular formula is C19H14BrF4N3O4. The number of anilines is 3. The van der Waals surface area contributed by atoms with Crippen LogP contribution in [0.2, 0.25) is 0 Å². The molecule has 2 N–H and O–H groups in total. The van der Waals surface area contributed by atoms with Crippen molar-refractivity contribution in [2.24, 2.45) is 0 Å². The van der Waals surface area contributed by atoms with E-state index in [9.17, 15) is 31.9 Å². The third kappa shape index (κ3) is 5.32. The third-order valence-corrected chi connectivity index (χ3v) is 4.77. The summed E-state index contributed by atoms with van der Waals surface area (Å²) < 4.78 is 59.1. The van der Waals surface area contributed by atoms with Gasteiger partial charge in [0.25, 0.3) is 5.91 Å². The molecule has 0 aromatic heterocycles. The normalized spacial score (nSPS) is 15.7. The minimum Gasteiger partial charge on any atom is -0.442 e. The van der Waals surface area contributed by atoms with Gasteiger partial charge in [-0.15, -0.1) is 0 Å². The first-order valence-electron chi connectivity index (χ1n) is 8.75. The summed E-state index contributed by atoms with van der Waals surface area (Å²) in [6.45, 7) is -0.607. The molecule has 1 saturated heterocycles. The number of benzene rings is 1. The average Bonchev–Trinajstić information content (AvgIpc) is 3.01. The lowest BCUT2D eigenvalue weighted by Gasteiger charge is -2.16. The number of ether oxygens (including phenoxy) is 1. The van der Waals surface area contributed by atoms with E-state index >= 15 is 0 Å². The number of halogens is 5. The summed E-state index contributed by atoms with van der Waals surface area (Å²) in [6, 6.07) is 7.26. The Morgan fingerprint density at radius 1 is 1.16 bits per heavy atom. The van der Waals surface area contributed by atoms with Crippen LogP contribution in [0.3, 0.4) is 0 Å². The van der Waals surface area contributed by atoms with Crippen LogP contribution in [0.1, 0.15) is 0 Å². The van der Waals surface area contributed by atoms with E-state index in [0.717, 1.165) is 17.0 Å². The number of cyclic esters (lactones) is 1. The molecule has 1 aliphatic rings. The number of nitrogens with one attached hydrogen (secondary N) is 2. The summed E-state index contributed by atoms with van der Waals surface area (Å²) in [5, 5.41) is 4.30. The Bertz CT molecular complexity index is 1060. The summed E-state index contributed by atoms with van der Waals surface area (Å²) in [5.41, 5.74) is -1.37. The van der Waals surface area contributed by atoms with Crippen LogP contribution in [0, 0.1) is 11.6 Å². The van der Waals surface area contributed by atoms with Crippen LogP contribution >= 0.6 is 15.9 Å². The van der Waals surface area contributed by atoms with Gasteiger partial charge in [0.05, 0.1) is 24.5 Å². The van der Waals surface area contributed by atoms with Gasteiger partial charge in [0, 0.05) is 16.6 Å². The van der Waals surface area contributed by atoms with E-state index in [-0.39, 0.29) is 24.5 Å². The lowest BCUT2D eigenvalue weighted by atomic mass is 10.2. The second kappa shape index (κ2) is 9.33. The molecule has 0 aliphatic carbocycles. The first-order chi connectivity index (χ1) is 14.7. The molecule has 0 radical (unpaired) electrons. The molecule has 1 atom stereocenters. The van der Waals surface area contributed by atoms with E-state index in [1.807, 2.05) is 5.32 Å². The number of rotatable bonds is 6. The number of alkyl halides is 2. The Morgan fingerprint density at radius 3 is 2.45 bits per heavy atom. The van der Waals surface area contributed by atoms with E-state index in [4.69, 9.17) is 4.74 Å². The molecule has 2 amide bonds. The Labute approximate surface area is 181 Å². The number of carbonyl (C=O) groups excluding carboxylic acids is 2. The second-order valence-electron chi connectivity index (χ2n) is 6.40. The van der Waals surface area contributed by atoms with Gasteiger partial charge in [0.1, 0.15) is 11.8 Å². The van der Waals surface area contributed by atoms with Crippen molar-refractivity contribution in [1.29, 1.82) is 0 Å². The molecule has 0 spiro atoms. The molecule has 1 heterocycles. The summed E-state index contributed by atoms with van der Waals surface area (Å²) in [4.78, 5) is 35.9. The van der Waals surface area contributed by atoms with Gasteiger partial charge in [-0.1, -0.05) is 15.9 Å². The van der Waals surface area contributed by atoms with Crippen LogP contribution in [0.15, 0.2) is 45.7 Å². The van der Waals surface area contributed by atoms with Gasteiger partial charge in [-0.25, -0.2) is 13.6 Å². The van der Waals surface area contributed by atoms with Gasteiger partial charge in [0.15, 0.2) is 11.6 Å². The van der Waals surface area contributed by atoms with Crippen molar-refractivity contribution in [2.75, 3.05) is 23.3 Å². The highest BCUT2D eigenvalue weighted by molar-refractivity contribution is 9.10. The molecule has 2 aromatic rings. The predicted molar refractivity (Wildman–Crippen MR) is 107 cm³/mol. The van der Waals surface area contributed by atoms with Gasteiger partial charge >= 0.3 is 12.5 Å². The quantitative estimate of drug-likeness (QED) is 0.588. The van der Waals surface area contributed by atoms with E-state index in [1.54, 1.807) is 0 Å². The molecule has 31 heavy (non-hydrogen) atoms. The van der Waals surface area contributed by atoms with Crippen LogP contribution in [0.5, 0.6) is 0 Å². The van der Waals surface area contributed by atoms with Crippen molar-refractivity contribution < 1.29 is 31.9 Å². The zero-order valence-electron chi connectivity index (χ0n) is 15.5. The molecule has 1 aliphatic heterocycles. The minimum atomic E-state index is -3.22. The first kappa shape index (κ1) is 22.5. The number of carbonyl (C=O) groups is 2. The average molecular weight is 504 g/mol. The highest BCUT2D eigenvalue weighted by atomic mass is 79.9. The Kier molecular flexibility index (Phi) is 6.78. The van der Waals surface area contributed by atoms with E-state index < -0.39 is 47.3 Å². The topological polar surface area (TPSA) is 87.7 Å². The lowest BCUT2D eigenvalue weighted by Crippen LogP contribution is -2.37. The molecule has 12 heteroatoms. The zero-order chi connectivity index (χ0) is 22.7. The third-order valence-electron chi connectivity index (χ3n) is 4.24. The molecule has 0 saturated carbocycles. The van der Waals surface area contributed by atoms with E-state index in [1.165, 1.54) is 24.3 Å². The summed E-state index contributed by atoms with van der Waals surface area (Å²) in [6.07, 6.45) is -5.17. The van der Waals surface area contributed by atoms with Crippen molar-refractivity contribution in [2.45, 2.75) is 12.5 Å². The Hall–Kier alpha value is -3.15. The molecule has 164 valence electrons. The summed E-state index contributed by atoms with van der Waals surface area (Å²) in [7, 11) is 0. The molecule has 7 nitrogen and oxygen atoms in total. The number of hydrogen-bond donors (Lipinski definition) is 2. The van der Waals surface area contributed by atoms with Gasteiger partial charge in [-0.2, -0.15) is 8.78 Å². The highest BCUT2D eigenvalue weighted by Crippen LogP contribution is 2.30. The summed E-state index contributed by atoms with van der Waals surface area (Å²) in [5.74, 6) is -3.69. The van der Waals surface area contributed by atoms with Gasteiger partial charge in [-0.3, -0.25) is 14.5 Å². The van der Waals surface area contributed by atoms with Crippen LogP contribution in [-0.4, -0.2) is 37.6 Å². The fraction of sp³-hybridized carbons (Fsp3) is 0.211. The molecule has 2 aromatic carbocycles. The van der Waals surface area contributed by atoms with Crippen LogP contribution < -0.4 is 21.0 Å². The number of nitrogens with zero attached hydrogens (tertiary/aromatic N) is 1. The van der Waals surface area contributed by atoms with E-state index in [0.29, 0.717) is 4.47 Å². The maximum atomic E-state index is 14.6. The van der Waals surface area contributed by atoms with Crippen LogP contribution in [0.25, 0.3) is 0 Å². The Morgan fingerprint density at radius 2 is 1.81 bits per heavy atom. The SMILES string of the molecule is O=C(NC[C@H]1CN(c2cc(F)c(Nc3ccc(Br)ccc3=O)c(F)c2)C(=O)O1)C(F)F. The molecule has 0 unspecified atom stereocenters. The lowest BCUT2D eigenvalue weighted by molar-refractivity contribution is -0.132. The van der Waals surface area contributed by atoms with E-state index in [2.05, 4.69) is 21.2 Å². The van der Waals surface area contributed by atoms with Crippen molar-refractivity contribution in [3.8, 4) is 0 Å². The smallest absolute Gasteiger partial charge is 0.414 e. The maximum absolute atomic E-state index is 14.6. The van der Waals surface area contributed by atoms with Crippen LogP contribution in [-0.2, 0) is 9.53 Å². The monoisotopic (exact) mass is 503 g/mol. The summed E-state index contributed by atoms with van der Waals surface area (Å²) >= 11 is 3.18. The van der Waals surface area contributed by atoms with Crippen molar-refractivity contribution in [1.82, 2.24) is 5.32 Å². The largest absolute Gasteiger partial charge is 0.442 e. The molecule has 3 rings (SSSR count). The fourth-order valence-electron chi connectivity index (χ4n) is 2.75. The zero-order valence-corrected chi connectivity index (χ0v) is 17.1. The predicted octanol–water partition coefficient (Wildman–Crippen LogP) is 3.54. The van der Waals surface area contributed by atoms with Crippen LogP contribution in [0.4, 0.5) is 39.4 Å². The molecule has 0 bridgehead atoms. The highest BCUT2D eigenvalue weighted by Gasteiger charge is 2.34. The maximum Gasteiger partial charge on any atom is 0.414 e. The standard InChI is InChI=1S/C19H14BrF4N3O4/c20-9-1-3-14(15(28)4-2-9)26-16-12(21)5-10(6-13(16)22)27-8-11(31-19(27)30)7-25-18(29)17(23)24/h1-6,11,17H,7-8H2,(H,25,29)(H,26,28)/t11-/m0/s1. The Balaban J connectivity index is 1.78. The number of amides is 2. The second-order valence-corrected chi connectivity index (χ2v) is 7.32. The minimum absolute atomic E-state index is 0.0772. The fourth-order valence-corrected chi connectivity index (χ4v) is 3.01. The first-order valence-corrected chi connectivity index (χ1v) is 9.55. The van der Waals surface area contributed by atoms with Crippen molar-refractivity contribution in [3.63, 3.8) is 0 Å². The van der Waals surface area contributed by atoms with Gasteiger partial charge < -0.3 is 15.4 Å². The molecule has 1 fully saturated rings. The van der Waals surface area contributed by atoms with Crippen molar-refractivity contribution in [3.05, 3.63) is 62.7 Å². The van der Waals surface area contributed by atoms with Gasteiger partial charge in [0.2, 0.25) is 5.43 Å². The van der Waals surface area contributed by atoms with Gasteiger partial charge in [-0.05, 0) is 24.3 Å². The number of hydrogen-bond acceptors (Lipinski definition) is 5. The molecular weight excluding hydrogens is 490 g/mol.